The van der Waals surface area contributed by atoms with Crippen molar-refractivity contribution in [3.63, 3.8) is 0 Å². The number of rotatable bonds is 6. The zero-order valence-electron chi connectivity index (χ0n) is 13.2. The molecular formula is C17H18ClNO3S. The second kappa shape index (κ2) is 8.13. The van der Waals surface area contributed by atoms with Crippen molar-refractivity contribution in [3.05, 3.63) is 47.5 Å². The molecule has 0 unspecified atom stereocenters. The maximum absolute atomic E-state index is 12.4. The van der Waals surface area contributed by atoms with Gasteiger partial charge in [0.25, 0.3) is 0 Å². The van der Waals surface area contributed by atoms with Crippen LogP contribution in [0.4, 0.5) is 5.69 Å². The summed E-state index contributed by atoms with van der Waals surface area (Å²) in [4.78, 5) is 15.0. The highest BCUT2D eigenvalue weighted by Gasteiger charge is 2.16. The number of thioether (sulfide) groups is 1. The second-order valence-electron chi connectivity index (χ2n) is 4.74. The van der Waals surface area contributed by atoms with E-state index in [-0.39, 0.29) is 5.91 Å². The number of ether oxygens (including phenoxy) is 2. The van der Waals surface area contributed by atoms with Gasteiger partial charge in [0.1, 0.15) is 11.5 Å². The number of carbonyl (C=O) groups is 1. The van der Waals surface area contributed by atoms with E-state index < -0.39 is 0 Å². The van der Waals surface area contributed by atoms with Gasteiger partial charge in [-0.1, -0.05) is 17.7 Å². The molecule has 1 amide bonds. The van der Waals surface area contributed by atoms with Crippen molar-refractivity contribution in [2.24, 2.45) is 0 Å². The van der Waals surface area contributed by atoms with Crippen molar-refractivity contribution in [1.82, 2.24) is 0 Å². The molecule has 2 aromatic carbocycles. The van der Waals surface area contributed by atoms with Crippen LogP contribution in [-0.4, -0.2) is 32.9 Å². The SMILES string of the molecule is COc1cccc(SCC(=O)N(C)c2cc(Cl)ccc2OC)c1. The van der Waals surface area contributed by atoms with Crippen LogP contribution in [0.25, 0.3) is 0 Å². The Morgan fingerprint density at radius 2 is 1.96 bits per heavy atom. The third-order valence-electron chi connectivity index (χ3n) is 3.28. The molecule has 4 nitrogen and oxygen atoms in total. The highest BCUT2D eigenvalue weighted by Crippen LogP contribution is 2.31. The summed E-state index contributed by atoms with van der Waals surface area (Å²) < 4.78 is 10.5. The molecule has 0 bridgehead atoms. The van der Waals surface area contributed by atoms with E-state index >= 15 is 0 Å². The van der Waals surface area contributed by atoms with Gasteiger partial charge < -0.3 is 14.4 Å². The molecule has 0 saturated heterocycles. The first-order chi connectivity index (χ1) is 11.0. The number of benzene rings is 2. The fourth-order valence-electron chi connectivity index (χ4n) is 1.99. The smallest absolute Gasteiger partial charge is 0.237 e. The topological polar surface area (TPSA) is 38.8 Å². The van der Waals surface area contributed by atoms with E-state index in [0.717, 1.165) is 10.6 Å². The fraction of sp³-hybridized carbons (Fsp3) is 0.235. The van der Waals surface area contributed by atoms with Crippen LogP contribution < -0.4 is 14.4 Å². The Kier molecular flexibility index (Phi) is 6.19. The minimum atomic E-state index is -0.0432. The Hall–Kier alpha value is -1.85. The molecule has 0 aromatic heterocycles. The lowest BCUT2D eigenvalue weighted by molar-refractivity contribution is -0.115. The first-order valence-electron chi connectivity index (χ1n) is 6.92. The molecule has 0 N–H and O–H groups in total. The highest BCUT2D eigenvalue weighted by molar-refractivity contribution is 8.00. The monoisotopic (exact) mass is 351 g/mol. The number of hydrogen-bond acceptors (Lipinski definition) is 4. The van der Waals surface area contributed by atoms with Gasteiger partial charge in [-0.25, -0.2) is 0 Å². The minimum absolute atomic E-state index is 0.0432. The lowest BCUT2D eigenvalue weighted by atomic mass is 10.2. The predicted octanol–water partition coefficient (Wildman–Crippen LogP) is 4.11. The van der Waals surface area contributed by atoms with Crippen LogP contribution >= 0.6 is 23.4 Å². The van der Waals surface area contributed by atoms with Crippen molar-refractivity contribution in [1.29, 1.82) is 0 Å². The van der Waals surface area contributed by atoms with Gasteiger partial charge in [-0.3, -0.25) is 4.79 Å². The van der Waals surface area contributed by atoms with Crippen molar-refractivity contribution < 1.29 is 14.3 Å². The Bertz CT molecular complexity index is 693. The van der Waals surface area contributed by atoms with E-state index in [9.17, 15) is 4.79 Å². The molecule has 0 heterocycles. The van der Waals surface area contributed by atoms with E-state index in [0.29, 0.717) is 22.2 Å². The van der Waals surface area contributed by atoms with Crippen LogP contribution in [-0.2, 0) is 4.79 Å². The molecule has 0 aliphatic carbocycles. The van der Waals surface area contributed by atoms with E-state index in [1.807, 2.05) is 24.3 Å². The van der Waals surface area contributed by atoms with Crippen LogP contribution in [0, 0.1) is 0 Å². The molecule has 0 saturated carbocycles. The maximum atomic E-state index is 12.4. The average molecular weight is 352 g/mol. The number of hydrogen-bond donors (Lipinski definition) is 0. The molecule has 2 rings (SSSR count). The van der Waals surface area contributed by atoms with E-state index in [2.05, 4.69) is 0 Å². The molecule has 0 spiro atoms. The van der Waals surface area contributed by atoms with Crippen LogP contribution in [0.15, 0.2) is 47.4 Å². The summed E-state index contributed by atoms with van der Waals surface area (Å²) >= 11 is 7.47. The van der Waals surface area contributed by atoms with Gasteiger partial charge in [-0.05, 0) is 36.4 Å². The minimum Gasteiger partial charge on any atom is -0.497 e. The molecule has 6 heteroatoms. The van der Waals surface area contributed by atoms with Gasteiger partial charge in [0.05, 0.1) is 25.7 Å². The van der Waals surface area contributed by atoms with Crippen molar-refractivity contribution in [3.8, 4) is 11.5 Å². The third-order valence-corrected chi connectivity index (χ3v) is 4.49. The van der Waals surface area contributed by atoms with Crippen LogP contribution in [0.5, 0.6) is 11.5 Å². The molecule has 0 aliphatic rings. The van der Waals surface area contributed by atoms with Crippen LogP contribution in [0.1, 0.15) is 0 Å². The molecule has 0 aliphatic heterocycles. The standard InChI is InChI=1S/C17H18ClNO3S/c1-19(15-9-12(18)7-8-16(15)22-3)17(20)11-23-14-6-4-5-13(10-14)21-2/h4-10H,11H2,1-3H3. The van der Waals surface area contributed by atoms with Crippen molar-refractivity contribution in [2.45, 2.75) is 4.90 Å². The number of carbonyl (C=O) groups excluding carboxylic acids is 1. The van der Waals surface area contributed by atoms with Gasteiger partial charge in [-0.15, -0.1) is 11.8 Å². The van der Waals surface area contributed by atoms with Crippen LogP contribution in [0.2, 0.25) is 5.02 Å². The fourth-order valence-corrected chi connectivity index (χ4v) is 3.02. The second-order valence-corrected chi connectivity index (χ2v) is 6.22. The predicted molar refractivity (Wildman–Crippen MR) is 95.1 cm³/mol. The zero-order valence-corrected chi connectivity index (χ0v) is 14.8. The molecule has 2 aromatic rings. The largest absolute Gasteiger partial charge is 0.497 e. The zero-order chi connectivity index (χ0) is 16.8. The Labute approximate surface area is 145 Å². The van der Waals surface area contributed by atoms with Gasteiger partial charge >= 0.3 is 0 Å². The van der Waals surface area contributed by atoms with Crippen molar-refractivity contribution in [2.75, 3.05) is 31.9 Å². The first kappa shape index (κ1) is 17.5. The number of anilines is 1. The van der Waals surface area contributed by atoms with Crippen LogP contribution in [0.3, 0.4) is 0 Å². The molecule has 23 heavy (non-hydrogen) atoms. The molecule has 122 valence electrons. The summed E-state index contributed by atoms with van der Waals surface area (Å²) in [6.07, 6.45) is 0. The Balaban J connectivity index is 2.06. The van der Waals surface area contributed by atoms with Gasteiger partial charge in [0.2, 0.25) is 5.91 Å². The quantitative estimate of drug-likeness (QED) is 0.734. The lowest BCUT2D eigenvalue weighted by Gasteiger charge is -2.20. The van der Waals surface area contributed by atoms with Gasteiger partial charge in [-0.2, -0.15) is 0 Å². The summed E-state index contributed by atoms with van der Waals surface area (Å²) in [6.45, 7) is 0. The highest BCUT2D eigenvalue weighted by atomic mass is 35.5. The Morgan fingerprint density at radius 1 is 1.17 bits per heavy atom. The number of methoxy groups -OCH3 is 2. The summed E-state index contributed by atoms with van der Waals surface area (Å²) in [7, 11) is 4.90. The molecule has 0 atom stereocenters. The summed E-state index contributed by atoms with van der Waals surface area (Å²) in [5, 5.41) is 0.556. The lowest BCUT2D eigenvalue weighted by Crippen LogP contribution is -2.28. The summed E-state index contributed by atoms with van der Waals surface area (Å²) in [6, 6.07) is 12.8. The number of amides is 1. The maximum Gasteiger partial charge on any atom is 0.237 e. The van der Waals surface area contributed by atoms with E-state index in [1.165, 1.54) is 11.8 Å². The van der Waals surface area contributed by atoms with Gasteiger partial charge in [0.15, 0.2) is 0 Å². The van der Waals surface area contributed by atoms with E-state index in [4.69, 9.17) is 21.1 Å². The molecule has 0 radical (unpaired) electrons. The normalized spacial score (nSPS) is 10.3. The number of nitrogens with zero attached hydrogens (tertiary/aromatic N) is 1. The van der Waals surface area contributed by atoms with Crippen molar-refractivity contribution >= 4 is 35.0 Å². The van der Waals surface area contributed by atoms with Gasteiger partial charge in [0, 0.05) is 17.0 Å². The third kappa shape index (κ3) is 4.56. The molecule has 0 fully saturated rings. The molecular weight excluding hydrogens is 334 g/mol. The van der Waals surface area contributed by atoms with E-state index in [1.54, 1.807) is 44.4 Å². The number of halogens is 1. The Morgan fingerprint density at radius 3 is 2.65 bits per heavy atom. The first-order valence-corrected chi connectivity index (χ1v) is 8.28. The average Bonchev–Trinajstić information content (AvgIpc) is 2.59. The summed E-state index contributed by atoms with van der Waals surface area (Å²) in [5.74, 6) is 1.64. The summed E-state index contributed by atoms with van der Waals surface area (Å²) in [5.41, 5.74) is 0.649.